The molecule has 0 radical (unpaired) electrons. The van der Waals surface area contributed by atoms with Gasteiger partial charge in [0.2, 0.25) is 0 Å². The molecule has 0 aliphatic heterocycles. The zero-order valence-corrected chi connectivity index (χ0v) is 13.4. The van der Waals surface area contributed by atoms with Gasteiger partial charge in [-0.1, -0.05) is 18.2 Å². The van der Waals surface area contributed by atoms with Crippen LogP contribution in [0.15, 0.2) is 36.4 Å². The van der Waals surface area contributed by atoms with Gasteiger partial charge in [-0.05, 0) is 80.6 Å². The molecule has 21 heavy (non-hydrogen) atoms. The predicted octanol–water partition coefficient (Wildman–Crippen LogP) is 5.44. The molecule has 1 nitrogen and oxygen atoms in total. The molecule has 0 N–H and O–H groups in total. The Balaban J connectivity index is 2.27. The number of aryl methyl sites for hydroxylation is 5. The third-order valence-corrected chi connectivity index (χ3v) is 4.26. The van der Waals surface area contributed by atoms with Crippen LogP contribution in [-0.4, -0.2) is 4.98 Å². The Morgan fingerprint density at radius 1 is 0.667 bits per heavy atom. The zero-order chi connectivity index (χ0) is 15.1. The molecular weight excluding hydrogens is 254 g/mol. The number of fused-ring (bicyclic) bond motifs is 1. The average Bonchev–Trinajstić information content (AvgIpc) is 2.42. The molecule has 0 aliphatic rings. The van der Waals surface area contributed by atoms with Gasteiger partial charge in [-0.25, -0.2) is 4.98 Å². The Morgan fingerprint density at radius 2 is 1.43 bits per heavy atom. The Bertz CT molecular complexity index is 844. The van der Waals surface area contributed by atoms with Crippen molar-refractivity contribution in [1.82, 2.24) is 4.98 Å². The van der Waals surface area contributed by atoms with Gasteiger partial charge in [0.25, 0.3) is 0 Å². The molecule has 2 aromatic carbocycles. The van der Waals surface area contributed by atoms with Crippen molar-refractivity contribution in [2.24, 2.45) is 0 Å². The summed E-state index contributed by atoms with van der Waals surface area (Å²) in [5, 5.41) is 1.26. The van der Waals surface area contributed by atoms with E-state index in [-0.39, 0.29) is 0 Å². The number of rotatable bonds is 1. The van der Waals surface area contributed by atoms with Crippen LogP contribution in [0.25, 0.3) is 22.2 Å². The minimum Gasteiger partial charge on any atom is -0.247 e. The highest BCUT2D eigenvalue weighted by molar-refractivity contribution is 5.86. The van der Waals surface area contributed by atoms with Gasteiger partial charge in [-0.15, -0.1) is 0 Å². The minimum atomic E-state index is 1.09. The van der Waals surface area contributed by atoms with E-state index in [1.54, 1.807) is 0 Å². The summed E-state index contributed by atoms with van der Waals surface area (Å²) < 4.78 is 0. The first-order chi connectivity index (χ1) is 9.95. The maximum atomic E-state index is 4.94. The summed E-state index contributed by atoms with van der Waals surface area (Å²) in [4.78, 5) is 4.94. The molecular formula is C20H21N. The molecule has 106 valence electrons. The maximum Gasteiger partial charge on any atom is 0.0738 e. The number of aromatic nitrogens is 1. The van der Waals surface area contributed by atoms with E-state index in [1.165, 1.54) is 38.8 Å². The molecule has 1 aromatic heterocycles. The van der Waals surface area contributed by atoms with E-state index in [0.717, 1.165) is 11.2 Å². The second kappa shape index (κ2) is 5.00. The summed E-state index contributed by atoms with van der Waals surface area (Å²) in [5.41, 5.74) is 9.82. The molecule has 0 aliphatic carbocycles. The lowest BCUT2D eigenvalue weighted by atomic mass is 9.98. The molecule has 0 atom stereocenters. The average molecular weight is 275 g/mol. The van der Waals surface area contributed by atoms with Gasteiger partial charge < -0.3 is 0 Å². The Kier molecular flexibility index (Phi) is 3.29. The fraction of sp³-hybridized carbons (Fsp3) is 0.250. The van der Waals surface area contributed by atoms with Crippen LogP contribution in [0.2, 0.25) is 0 Å². The maximum absolute atomic E-state index is 4.94. The van der Waals surface area contributed by atoms with Crippen LogP contribution in [0, 0.1) is 34.6 Å². The normalized spacial score (nSPS) is 11.1. The summed E-state index contributed by atoms with van der Waals surface area (Å²) >= 11 is 0. The molecule has 3 rings (SSSR count). The van der Waals surface area contributed by atoms with Gasteiger partial charge >= 0.3 is 0 Å². The molecule has 1 heterocycles. The van der Waals surface area contributed by atoms with E-state index in [1.807, 2.05) is 0 Å². The van der Waals surface area contributed by atoms with Gasteiger partial charge in [0.1, 0.15) is 0 Å². The summed E-state index contributed by atoms with van der Waals surface area (Å²) in [5.74, 6) is 0. The summed E-state index contributed by atoms with van der Waals surface area (Å²) in [6, 6.07) is 13.2. The third-order valence-electron chi connectivity index (χ3n) is 4.26. The Hall–Kier alpha value is -2.15. The first-order valence-electron chi connectivity index (χ1n) is 7.42. The summed E-state index contributed by atoms with van der Waals surface area (Å²) in [6.07, 6.45) is 0. The highest BCUT2D eigenvalue weighted by atomic mass is 14.7. The third kappa shape index (κ3) is 2.44. The summed E-state index contributed by atoms with van der Waals surface area (Å²) in [6.45, 7) is 10.7. The molecule has 0 saturated carbocycles. The van der Waals surface area contributed by atoms with Crippen LogP contribution < -0.4 is 0 Å². The number of nitrogens with zero attached hydrogens (tertiary/aromatic N) is 1. The molecule has 3 aromatic rings. The van der Waals surface area contributed by atoms with E-state index in [4.69, 9.17) is 4.98 Å². The summed E-state index contributed by atoms with van der Waals surface area (Å²) in [7, 11) is 0. The van der Waals surface area contributed by atoms with E-state index < -0.39 is 0 Å². The van der Waals surface area contributed by atoms with Crippen LogP contribution in [-0.2, 0) is 0 Å². The van der Waals surface area contributed by atoms with Gasteiger partial charge in [-0.3, -0.25) is 0 Å². The van der Waals surface area contributed by atoms with Crippen molar-refractivity contribution in [3.05, 3.63) is 64.2 Å². The molecule has 0 bridgehead atoms. The van der Waals surface area contributed by atoms with Crippen LogP contribution in [0.5, 0.6) is 0 Å². The fourth-order valence-electron chi connectivity index (χ4n) is 2.91. The van der Waals surface area contributed by atoms with Crippen molar-refractivity contribution in [1.29, 1.82) is 0 Å². The number of hydrogen-bond donors (Lipinski definition) is 0. The largest absolute Gasteiger partial charge is 0.247 e. The molecule has 0 unspecified atom stereocenters. The Morgan fingerprint density at radius 3 is 2.14 bits per heavy atom. The van der Waals surface area contributed by atoms with Crippen LogP contribution in [0.3, 0.4) is 0 Å². The highest BCUT2D eigenvalue weighted by Gasteiger charge is 2.09. The van der Waals surface area contributed by atoms with E-state index in [2.05, 4.69) is 71.0 Å². The molecule has 0 amide bonds. The predicted molar refractivity (Wildman–Crippen MR) is 90.9 cm³/mol. The molecule has 0 spiro atoms. The van der Waals surface area contributed by atoms with Crippen molar-refractivity contribution in [3.63, 3.8) is 0 Å². The van der Waals surface area contributed by atoms with Crippen molar-refractivity contribution >= 4 is 10.9 Å². The van der Waals surface area contributed by atoms with Gasteiger partial charge in [0.05, 0.1) is 11.2 Å². The standard InChI is InChI=1S/C20H21N/c1-12-8-15(4)18-11-16(5)20(21-19(18)9-12)17-7-6-13(2)14(3)10-17/h6-11H,1-5H3. The Labute approximate surface area is 126 Å². The number of hydrogen-bond acceptors (Lipinski definition) is 1. The second-order valence-electron chi connectivity index (χ2n) is 6.10. The first kappa shape index (κ1) is 13.8. The number of benzene rings is 2. The minimum absolute atomic E-state index is 1.09. The first-order valence-corrected chi connectivity index (χ1v) is 7.42. The van der Waals surface area contributed by atoms with Crippen molar-refractivity contribution in [2.45, 2.75) is 34.6 Å². The monoisotopic (exact) mass is 275 g/mol. The van der Waals surface area contributed by atoms with Crippen LogP contribution in [0.1, 0.15) is 27.8 Å². The number of pyridine rings is 1. The van der Waals surface area contributed by atoms with E-state index >= 15 is 0 Å². The van der Waals surface area contributed by atoms with Gasteiger partial charge in [-0.2, -0.15) is 0 Å². The van der Waals surface area contributed by atoms with E-state index in [9.17, 15) is 0 Å². The zero-order valence-electron chi connectivity index (χ0n) is 13.4. The van der Waals surface area contributed by atoms with Gasteiger partial charge in [0, 0.05) is 10.9 Å². The molecule has 1 heteroatoms. The fourth-order valence-corrected chi connectivity index (χ4v) is 2.91. The lowest BCUT2D eigenvalue weighted by Crippen LogP contribution is -1.93. The molecule has 0 fully saturated rings. The van der Waals surface area contributed by atoms with Crippen LogP contribution in [0.4, 0.5) is 0 Å². The quantitative estimate of drug-likeness (QED) is 0.576. The van der Waals surface area contributed by atoms with E-state index in [0.29, 0.717) is 0 Å². The highest BCUT2D eigenvalue weighted by Crippen LogP contribution is 2.28. The lowest BCUT2D eigenvalue weighted by molar-refractivity contribution is 1.28. The lowest BCUT2D eigenvalue weighted by Gasteiger charge is -2.11. The van der Waals surface area contributed by atoms with Crippen molar-refractivity contribution < 1.29 is 0 Å². The van der Waals surface area contributed by atoms with Gasteiger partial charge in [0.15, 0.2) is 0 Å². The second-order valence-corrected chi connectivity index (χ2v) is 6.10. The van der Waals surface area contributed by atoms with Crippen LogP contribution >= 0.6 is 0 Å². The smallest absolute Gasteiger partial charge is 0.0738 e. The van der Waals surface area contributed by atoms with Crippen molar-refractivity contribution in [3.8, 4) is 11.3 Å². The van der Waals surface area contributed by atoms with Crippen molar-refractivity contribution in [2.75, 3.05) is 0 Å². The topological polar surface area (TPSA) is 12.9 Å². The molecule has 0 saturated heterocycles. The SMILES string of the molecule is Cc1cc(C)c2cc(C)c(-c3ccc(C)c(C)c3)nc2c1.